The van der Waals surface area contributed by atoms with Crippen molar-refractivity contribution in [2.24, 2.45) is 5.73 Å². The maximum atomic E-state index is 11.9. The molecular formula is C16H24N2O3. The lowest BCUT2D eigenvalue weighted by Crippen LogP contribution is -2.37. The third-order valence-corrected chi connectivity index (χ3v) is 3.35. The van der Waals surface area contributed by atoms with Crippen molar-refractivity contribution in [1.82, 2.24) is 0 Å². The van der Waals surface area contributed by atoms with Crippen LogP contribution in [0.15, 0.2) is 18.2 Å². The van der Waals surface area contributed by atoms with Crippen LogP contribution in [0.25, 0.3) is 0 Å². The average molecular weight is 292 g/mol. The zero-order valence-corrected chi connectivity index (χ0v) is 13.0. The third kappa shape index (κ3) is 4.86. The second-order valence-electron chi connectivity index (χ2n) is 5.85. The Balaban J connectivity index is 2.97. The topological polar surface area (TPSA) is 92.4 Å². The molecule has 0 aliphatic heterocycles. The van der Waals surface area contributed by atoms with Gasteiger partial charge in [-0.15, -0.1) is 0 Å². The van der Waals surface area contributed by atoms with Gasteiger partial charge in [-0.05, 0) is 29.0 Å². The quantitative estimate of drug-likeness (QED) is 0.751. The van der Waals surface area contributed by atoms with Crippen molar-refractivity contribution < 1.29 is 14.7 Å². The Morgan fingerprint density at radius 2 is 1.81 bits per heavy atom. The summed E-state index contributed by atoms with van der Waals surface area (Å²) in [6.45, 7) is 8.32. The first-order valence-electron chi connectivity index (χ1n) is 7.14. The number of benzene rings is 1. The fourth-order valence-electron chi connectivity index (χ4n) is 2.04. The van der Waals surface area contributed by atoms with E-state index in [0.717, 1.165) is 5.56 Å². The van der Waals surface area contributed by atoms with Gasteiger partial charge in [0, 0.05) is 5.69 Å². The monoisotopic (exact) mass is 292 g/mol. The van der Waals surface area contributed by atoms with Crippen molar-refractivity contribution >= 4 is 17.6 Å². The number of carbonyl (C=O) groups is 2. The largest absolute Gasteiger partial charge is 0.481 e. The second kappa shape index (κ2) is 7.22. The van der Waals surface area contributed by atoms with Crippen LogP contribution in [0.5, 0.6) is 0 Å². The highest BCUT2D eigenvalue weighted by atomic mass is 16.4. The lowest BCUT2D eigenvalue weighted by Gasteiger charge is -2.18. The molecule has 0 heterocycles. The van der Waals surface area contributed by atoms with Crippen LogP contribution in [0.3, 0.4) is 0 Å². The maximum Gasteiger partial charge on any atom is 0.305 e. The Labute approximate surface area is 125 Å². The standard InChI is InChI=1S/C16H24N2O3/c1-9(2)11-5-6-14(12(7-11)10(3)4)18-16(21)13(17)8-15(19)20/h5-7,9-10,13H,8,17H2,1-4H3,(H,18,21)(H,19,20). The summed E-state index contributed by atoms with van der Waals surface area (Å²) in [4.78, 5) is 22.5. The van der Waals surface area contributed by atoms with Gasteiger partial charge in [0.1, 0.15) is 0 Å². The number of anilines is 1. The minimum absolute atomic E-state index is 0.245. The van der Waals surface area contributed by atoms with E-state index in [0.29, 0.717) is 11.6 Å². The summed E-state index contributed by atoms with van der Waals surface area (Å²) >= 11 is 0. The van der Waals surface area contributed by atoms with Gasteiger partial charge < -0.3 is 16.2 Å². The molecule has 0 saturated carbocycles. The number of amides is 1. The summed E-state index contributed by atoms with van der Waals surface area (Å²) in [7, 11) is 0. The third-order valence-electron chi connectivity index (χ3n) is 3.35. The zero-order chi connectivity index (χ0) is 16.2. The Bertz CT molecular complexity index is 524. The molecule has 4 N–H and O–H groups in total. The van der Waals surface area contributed by atoms with Crippen LogP contribution in [0, 0.1) is 0 Å². The molecule has 1 atom stereocenters. The van der Waals surface area contributed by atoms with Crippen LogP contribution < -0.4 is 11.1 Å². The second-order valence-corrected chi connectivity index (χ2v) is 5.85. The summed E-state index contributed by atoms with van der Waals surface area (Å²) < 4.78 is 0. The van der Waals surface area contributed by atoms with E-state index in [-0.39, 0.29) is 12.3 Å². The molecule has 0 bridgehead atoms. The van der Waals surface area contributed by atoms with Crippen LogP contribution in [0.2, 0.25) is 0 Å². The Kier molecular flexibility index (Phi) is 5.90. The number of carbonyl (C=O) groups excluding carboxylic acids is 1. The van der Waals surface area contributed by atoms with E-state index in [1.165, 1.54) is 5.56 Å². The van der Waals surface area contributed by atoms with Gasteiger partial charge in [0.05, 0.1) is 12.5 Å². The minimum atomic E-state index is -1.09. The summed E-state index contributed by atoms with van der Waals surface area (Å²) in [5.74, 6) is -0.912. The first-order valence-corrected chi connectivity index (χ1v) is 7.14. The van der Waals surface area contributed by atoms with E-state index in [4.69, 9.17) is 10.8 Å². The molecule has 1 rings (SSSR count). The Morgan fingerprint density at radius 3 is 2.29 bits per heavy atom. The van der Waals surface area contributed by atoms with Gasteiger partial charge in [0.15, 0.2) is 0 Å². The summed E-state index contributed by atoms with van der Waals surface area (Å²) in [5.41, 5.74) is 8.50. The van der Waals surface area contributed by atoms with E-state index in [1.54, 1.807) is 0 Å². The summed E-state index contributed by atoms with van der Waals surface area (Å²) in [5, 5.41) is 11.4. The molecule has 1 aromatic carbocycles. The molecule has 21 heavy (non-hydrogen) atoms. The van der Waals surface area contributed by atoms with Crippen molar-refractivity contribution in [3.63, 3.8) is 0 Å². The number of carboxylic acids is 1. The molecule has 0 radical (unpaired) electrons. The number of aliphatic carboxylic acids is 1. The smallest absolute Gasteiger partial charge is 0.305 e. The number of nitrogens with one attached hydrogen (secondary N) is 1. The summed E-state index contributed by atoms with van der Waals surface area (Å²) in [6, 6.07) is 4.85. The van der Waals surface area contributed by atoms with Gasteiger partial charge in [-0.25, -0.2) is 0 Å². The van der Waals surface area contributed by atoms with E-state index < -0.39 is 17.9 Å². The average Bonchev–Trinajstić information content (AvgIpc) is 2.37. The molecule has 116 valence electrons. The molecule has 1 aromatic rings. The molecule has 0 aromatic heterocycles. The first kappa shape index (κ1) is 17.2. The molecule has 5 heteroatoms. The van der Waals surface area contributed by atoms with Gasteiger partial charge >= 0.3 is 5.97 Å². The highest BCUT2D eigenvalue weighted by Crippen LogP contribution is 2.28. The van der Waals surface area contributed by atoms with Crippen LogP contribution in [-0.4, -0.2) is 23.0 Å². The zero-order valence-electron chi connectivity index (χ0n) is 13.0. The molecular weight excluding hydrogens is 268 g/mol. The molecule has 0 saturated heterocycles. The van der Waals surface area contributed by atoms with Crippen LogP contribution >= 0.6 is 0 Å². The van der Waals surface area contributed by atoms with Crippen molar-refractivity contribution in [3.8, 4) is 0 Å². The lowest BCUT2D eigenvalue weighted by atomic mass is 9.94. The van der Waals surface area contributed by atoms with Crippen molar-refractivity contribution in [2.45, 2.75) is 52.0 Å². The Morgan fingerprint density at radius 1 is 1.19 bits per heavy atom. The van der Waals surface area contributed by atoms with Gasteiger partial charge in [0.2, 0.25) is 5.91 Å². The predicted molar refractivity (Wildman–Crippen MR) is 83.5 cm³/mol. The van der Waals surface area contributed by atoms with Crippen LogP contribution in [0.4, 0.5) is 5.69 Å². The summed E-state index contributed by atoms with van der Waals surface area (Å²) in [6.07, 6.45) is -0.382. The van der Waals surface area contributed by atoms with Gasteiger partial charge in [-0.1, -0.05) is 39.8 Å². The Hall–Kier alpha value is -1.88. The molecule has 0 fully saturated rings. The SMILES string of the molecule is CC(C)c1ccc(NC(=O)C(N)CC(=O)O)c(C(C)C)c1. The molecule has 1 unspecified atom stereocenters. The molecule has 0 spiro atoms. The number of hydrogen-bond acceptors (Lipinski definition) is 3. The van der Waals surface area contributed by atoms with Crippen molar-refractivity contribution in [1.29, 1.82) is 0 Å². The van der Waals surface area contributed by atoms with Crippen molar-refractivity contribution in [3.05, 3.63) is 29.3 Å². The maximum absolute atomic E-state index is 11.9. The first-order chi connectivity index (χ1) is 9.72. The minimum Gasteiger partial charge on any atom is -0.481 e. The van der Waals surface area contributed by atoms with E-state index in [9.17, 15) is 9.59 Å². The molecule has 1 amide bonds. The van der Waals surface area contributed by atoms with E-state index in [2.05, 4.69) is 25.2 Å². The van der Waals surface area contributed by atoms with Crippen molar-refractivity contribution in [2.75, 3.05) is 5.32 Å². The van der Waals surface area contributed by atoms with Gasteiger partial charge in [-0.3, -0.25) is 9.59 Å². The van der Waals surface area contributed by atoms with Gasteiger partial charge in [0.25, 0.3) is 0 Å². The lowest BCUT2D eigenvalue weighted by molar-refractivity contribution is -0.138. The molecule has 0 aliphatic carbocycles. The fraction of sp³-hybridized carbons (Fsp3) is 0.500. The van der Waals surface area contributed by atoms with E-state index >= 15 is 0 Å². The number of nitrogens with two attached hydrogens (primary N) is 1. The highest BCUT2D eigenvalue weighted by Gasteiger charge is 2.19. The molecule has 5 nitrogen and oxygen atoms in total. The van der Waals surface area contributed by atoms with Crippen LogP contribution in [-0.2, 0) is 9.59 Å². The molecule has 0 aliphatic rings. The van der Waals surface area contributed by atoms with Crippen LogP contribution in [0.1, 0.15) is 57.1 Å². The highest BCUT2D eigenvalue weighted by molar-refractivity contribution is 5.97. The normalized spacial score (nSPS) is 12.5. The number of rotatable bonds is 6. The number of carboxylic acid groups (broad SMARTS) is 1. The predicted octanol–water partition coefficient (Wildman–Crippen LogP) is 2.67. The van der Waals surface area contributed by atoms with Gasteiger partial charge in [-0.2, -0.15) is 0 Å². The van der Waals surface area contributed by atoms with E-state index in [1.807, 2.05) is 26.0 Å². The fourth-order valence-corrected chi connectivity index (χ4v) is 2.04. The number of hydrogen-bond donors (Lipinski definition) is 3.